The Kier molecular flexibility index (Phi) is 2.99. The molecule has 0 amide bonds. The van der Waals surface area contributed by atoms with Gasteiger partial charge < -0.3 is 4.90 Å². The van der Waals surface area contributed by atoms with Gasteiger partial charge >= 0.3 is 0 Å². The highest BCUT2D eigenvalue weighted by atomic mass is 35.5. The maximum Gasteiger partial charge on any atom is 0.141 e. The Morgan fingerprint density at radius 2 is 2.00 bits per heavy atom. The number of amidine groups is 1. The summed E-state index contributed by atoms with van der Waals surface area (Å²) >= 11 is 5.78. The number of hydrogen-bond acceptors (Lipinski definition) is 1. The minimum atomic E-state index is -0.412. The average Bonchev–Trinajstić information content (AvgIpc) is 2.72. The third-order valence-electron chi connectivity index (χ3n) is 3.31. The highest BCUT2D eigenvalue weighted by molar-refractivity contribution is 6.30. The van der Waals surface area contributed by atoms with Crippen molar-refractivity contribution in [1.82, 2.24) is 4.90 Å². The monoisotopic (exact) mass is 274 g/mol. The van der Waals surface area contributed by atoms with Crippen molar-refractivity contribution in [3.05, 3.63) is 70.0 Å². The molecule has 0 atom stereocenters. The van der Waals surface area contributed by atoms with Crippen LogP contribution in [0.5, 0.6) is 0 Å². The lowest BCUT2D eigenvalue weighted by Gasteiger charge is -2.18. The van der Waals surface area contributed by atoms with Crippen LogP contribution < -0.4 is 0 Å². The second-order valence-corrected chi connectivity index (χ2v) is 5.02. The fourth-order valence-electron chi connectivity index (χ4n) is 2.34. The molecule has 0 spiro atoms. The maximum absolute atomic E-state index is 13.1. The number of nitrogens with zero attached hydrogens (tertiary/aromatic N) is 1. The van der Waals surface area contributed by atoms with Crippen molar-refractivity contribution in [3.63, 3.8) is 0 Å². The summed E-state index contributed by atoms with van der Waals surface area (Å²) < 4.78 is 13.1. The third kappa shape index (κ3) is 2.22. The van der Waals surface area contributed by atoms with Gasteiger partial charge in [0.1, 0.15) is 11.7 Å². The lowest BCUT2D eigenvalue weighted by atomic mass is 10.1. The van der Waals surface area contributed by atoms with Crippen molar-refractivity contribution in [2.24, 2.45) is 0 Å². The van der Waals surface area contributed by atoms with Gasteiger partial charge in [0.2, 0.25) is 0 Å². The maximum atomic E-state index is 13.1. The van der Waals surface area contributed by atoms with Crippen LogP contribution in [0.3, 0.4) is 0 Å². The topological polar surface area (TPSA) is 27.1 Å². The van der Waals surface area contributed by atoms with Crippen molar-refractivity contribution >= 4 is 17.4 Å². The van der Waals surface area contributed by atoms with Crippen LogP contribution in [-0.4, -0.2) is 10.7 Å². The SMILES string of the molecule is N=C1c2ccccc2CN1Cc1ccc(F)c(Cl)c1. The van der Waals surface area contributed by atoms with E-state index in [2.05, 4.69) is 0 Å². The highest BCUT2D eigenvalue weighted by Gasteiger charge is 2.23. The molecule has 1 aliphatic rings. The second kappa shape index (κ2) is 4.67. The second-order valence-electron chi connectivity index (χ2n) is 4.61. The normalized spacial score (nSPS) is 13.8. The quantitative estimate of drug-likeness (QED) is 0.885. The summed E-state index contributed by atoms with van der Waals surface area (Å²) in [5, 5.41) is 8.28. The molecule has 2 aromatic carbocycles. The number of hydrogen-bond donors (Lipinski definition) is 1. The first-order chi connectivity index (χ1) is 9.15. The van der Waals surface area contributed by atoms with Gasteiger partial charge in [-0.05, 0) is 23.3 Å². The van der Waals surface area contributed by atoms with Crippen LogP contribution in [0.1, 0.15) is 16.7 Å². The number of halogens is 2. The van der Waals surface area contributed by atoms with Gasteiger partial charge in [-0.1, -0.05) is 41.9 Å². The molecule has 0 bridgehead atoms. The lowest BCUT2D eigenvalue weighted by Crippen LogP contribution is -2.23. The molecule has 0 saturated heterocycles. The fraction of sp³-hybridized carbons (Fsp3) is 0.133. The zero-order valence-corrected chi connectivity index (χ0v) is 10.9. The number of rotatable bonds is 2. The first-order valence-electron chi connectivity index (χ1n) is 6.01. The van der Waals surface area contributed by atoms with Crippen molar-refractivity contribution in [2.75, 3.05) is 0 Å². The van der Waals surface area contributed by atoms with E-state index >= 15 is 0 Å². The van der Waals surface area contributed by atoms with Crippen LogP contribution in [0.2, 0.25) is 5.02 Å². The van der Waals surface area contributed by atoms with Crippen molar-refractivity contribution in [3.8, 4) is 0 Å². The van der Waals surface area contributed by atoms with Crippen LogP contribution in [0.15, 0.2) is 42.5 Å². The Bertz CT molecular complexity index is 654. The molecule has 19 heavy (non-hydrogen) atoms. The van der Waals surface area contributed by atoms with E-state index in [4.69, 9.17) is 17.0 Å². The van der Waals surface area contributed by atoms with E-state index in [1.54, 1.807) is 12.1 Å². The summed E-state index contributed by atoms with van der Waals surface area (Å²) in [7, 11) is 0. The largest absolute Gasteiger partial charge is 0.348 e. The van der Waals surface area contributed by atoms with E-state index in [-0.39, 0.29) is 5.02 Å². The van der Waals surface area contributed by atoms with Crippen LogP contribution in [0, 0.1) is 11.2 Å². The standard InChI is InChI=1S/C15H12ClFN2/c16-13-7-10(5-6-14(13)17)8-19-9-11-3-1-2-4-12(11)15(19)18/h1-7,18H,8-9H2. The summed E-state index contributed by atoms with van der Waals surface area (Å²) in [6.07, 6.45) is 0. The molecule has 0 aliphatic carbocycles. The van der Waals surface area contributed by atoms with Gasteiger partial charge in [-0.15, -0.1) is 0 Å². The minimum absolute atomic E-state index is 0.126. The van der Waals surface area contributed by atoms with Gasteiger partial charge in [-0.25, -0.2) is 4.39 Å². The number of fused-ring (bicyclic) bond motifs is 1. The molecule has 0 aromatic heterocycles. The number of nitrogens with one attached hydrogen (secondary N) is 1. The van der Waals surface area contributed by atoms with Gasteiger partial charge in [-0.2, -0.15) is 0 Å². The van der Waals surface area contributed by atoms with E-state index in [9.17, 15) is 4.39 Å². The first-order valence-corrected chi connectivity index (χ1v) is 6.38. The molecule has 1 heterocycles. The molecule has 1 aliphatic heterocycles. The lowest BCUT2D eigenvalue weighted by molar-refractivity contribution is 0.422. The van der Waals surface area contributed by atoms with Gasteiger partial charge in [0.25, 0.3) is 0 Å². The predicted octanol–water partition coefficient (Wildman–Crippen LogP) is 3.82. The third-order valence-corrected chi connectivity index (χ3v) is 3.60. The fourth-order valence-corrected chi connectivity index (χ4v) is 2.54. The zero-order valence-electron chi connectivity index (χ0n) is 10.2. The highest BCUT2D eigenvalue weighted by Crippen LogP contribution is 2.25. The molecule has 96 valence electrons. The Labute approximate surface area is 115 Å². The van der Waals surface area contributed by atoms with Crippen molar-refractivity contribution in [2.45, 2.75) is 13.1 Å². The molecule has 3 rings (SSSR count). The summed E-state index contributed by atoms with van der Waals surface area (Å²) in [4.78, 5) is 1.95. The smallest absolute Gasteiger partial charge is 0.141 e. The molecule has 2 nitrogen and oxygen atoms in total. The molecule has 2 aromatic rings. The molecular formula is C15H12ClFN2. The first kappa shape index (κ1) is 12.2. The van der Waals surface area contributed by atoms with Crippen LogP contribution in [0.25, 0.3) is 0 Å². The molecular weight excluding hydrogens is 263 g/mol. The van der Waals surface area contributed by atoms with Crippen LogP contribution >= 0.6 is 11.6 Å². The van der Waals surface area contributed by atoms with E-state index in [1.807, 2.05) is 29.2 Å². The van der Waals surface area contributed by atoms with Crippen LogP contribution in [-0.2, 0) is 13.1 Å². The van der Waals surface area contributed by atoms with Crippen LogP contribution in [0.4, 0.5) is 4.39 Å². The van der Waals surface area contributed by atoms with Gasteiger partial charge in [0.15, 0.2) is 0 Å². The molecule has 4 heteroatoms. The van der Waals surface area contributed by atoms with E-state index in [0.717, 1.165) is 16.7 Å². The molecule has 0 saturated carbocycles. The average molecular weight is 275 g/mol. The summed E-state index contributed by atoms with van der Waals surface area (Å²) in [5.74, 6) is 0.0984. The summed E-state index contributed by atoms with van der Waals surface area (Å²) in [6, 6.07) is 12.6. The Morgan fingerprint density at radius 3 is 2.74 bits per heavy atom. The van der Waals surface area contributed by atoms with Crippen molar-refractivity contribution in [1.29, 1.82) is 5.41 Å². The zero-order chi connectivity index (χ0) is 13.4. The Balaban J connectivity index is 1.83. The van der Waals surface area contributed by atoms with Crippen molar-refractivity contribution < 1.29 is 4.39 Å². The van der Waals surface area contributed by atoms with Gasteiger partial charge in [0, 0.05) is 18.7 Å². The van der Waals surface area contributed by atoms with E-state index in [1.165, 1.54) is 6.07 Å². The summed E-state index contributed by atoms with van der Waals surface area (Å²) in [6.45, 7) is 1.28. The Morgan fingerprint density at radius 1 is 1.21 bits per heavy atom. The van der Waals surface area contributed by atoms with E-state index < -0.39 is 5.82 Å². The summed E-state index contributed by atoms with van der Waals surface area (Å²) in [5.41, 5.74) is 3.03. The molecule has 0 fully saturated rings. The van der Waals surface area contributed by atoms with Gasteiger partial charge in [0.05, 0.1) is 5.02 Å². The van der Waals surface area contributed by atoms with Gasteiger partial charge in [-0.3, -0.25) is 5.41 Å². The van der Waals surface area contributed by atoms with E-state index in [0.29, 0.717) is 18.9 Å². The molecule has 0 unspecified atom stereocenters. The Hall–Kier alpha value is -1.87. The molecule has 1 N–H and O–H groups in total. The predicted molar refractivity (Wildman–Crippen MR) is 73.9 cm³/mol. The number of benzene rings is 2. The molecule has 0 radical (unpaired) electrons. The minimum Gasteiger partial charge on any atom is -0.348 e.